The summed E-state index contributed by atoms with van der Waals surface area (Å²) in [6.07, 6.45) is 0. The van der Waals surface area contributed by atoms with E-state index in [1.54, 1.807) is 39.8 Å². The lowest BCUT2D eigenvalue weighted by Crippen LogP contribution is -2.18. The van der Waals surface area contributed by atoms with Crippen LogP contribution in [-0.4, -0.2) is 25.3 Å². The molecule has 0 bridgehead atoms. The maximum atomic E-state index is 12.8. The maximum Gasteiger partial charge on any atom is 0.267 e. The van der Waals surface area contributed by atoms with Gasteiger partial charge in [0.2, 0.25) is 5.88 Å². The van der Waals surface area contributed by atoms with Crippen LogP contribution in [0, 0.1) is 27.7 Å². The highest BCUT2D eigenvalue weighted by atomic mass is 32.2. The fourth-order valence-electron chi connectivity index (χ4n) is 3.14. The normalized spacial score (nSPS) is 11.4. The van der Waals surface area contributed by atoms with E-state index in [-0.39, 0.29) is 21.4 Å². The number of rotatable bonds is 6. The Kier molecular flexibility index (Phi) is 5.82. The van der Waals surface area contributed by atoms with Gasteiger partial charge in [0.05, 0.1) is 5.69 Å². The van der Waals surface area contributed by atoms with E-state index < -0.39 is 15.9 Å². The Morgan fingerprint density at radius 2 is 1.73 bits per heavy atom. The van der Waals surface area contributed by atoms with Crippen molar-refractivity contribution in [3.63, 3.8) is 0 Å². The van der Waals surface area contributed by atoms with Crippen molar-refractivity contribution in [3.05, 3.63) is 56.4 Å². The van der Waals surface area contributed by atoms with Crippen molar-refractivity contribution < 1.29 is 22.5 Å². The third-order valence-corrected chi connectivity index (χ3v) is 7.07. The predicted octanol–water partition coefficient (Wildman–Crippen LogP) is 4.23. The topological polar surface area (TPSA) is 118 Å². The molecule has 0 aliphatic rings. The molecule has 0 atom stereocenters. The third kappa shape index (κ3) is 4.14. The number of hydrogen-bond acceptors (Lipinski definition) is 7. The molecule has 30 heavy (non-hydrogen) atoms. The van der Waals surface area contributed by atoms with Crippen LogP contribution in [0.15, 0.2) is 33.0 Å². The van der Waals surface area contributed by atoms with Crippen molar-refractivity contribution in [1.82, 2.24) is 5.16 Å². The van der Waals surface area contributed by atoms with Gasteiger partial charge in [-0.1, -0.05) is 5.16 Å². The fraction of sp³-hybridized carbons (Fsp3) is 0.250. The van der Waals surface area contributed by atoms with Crippen molar-refractivity contribution >= 4 is 44.6 Å². The molecule has 8 nitrogen and oxygen atoms in total. The van der Waals surface area contributed by atoms with Crippen LogP contribution in [0.1, 0.15) is 49.3 Å². The van der Waals surface area contributed by atoms with E-state index in [1.165, 1.54) is 18.4 Å². The number of sulfonamides is 1. The molecule has 2 aromatic heterocycles. The number of aromatic nitrogens is 1. The molecular formula is C20H21N3O5S2. The molecule has 0 fully saturated rings. The summed E-state index contributed by atoms with van der Waals surface area (Å²) in [7, 11) is -4.06. The summed E-state index contributed by atoms with van der Waals surface area (Å²) in [6, 6.07) is 4.72. The number of amides is 1. The average molecular weight is 448 g/mol. The molecule has 2 N–H and O–H groups in total. The average Bonchev–Trinajstić information content (AvgIpc) is 3.24. The maximum absolute atomic E-state index is 12.8. The van der Waals surface area contributed by atoms with E-state index in [4.69, 9.17) is 4.52 Å². The van der Waals surface area contributed by atoms with E-state index in [0.717, 1.165) is 22.5 Å². The molecule has 1 amide bonds. The zero-order chi connectivity index (χ0) is 22.2. The number of carbonyl (C=O) groups is 2. The second-order valence-corrected chi connectivity index (χ2v) is 9.50. The Morgan fingerprint density at radius 1 is 1.10 bits per heavy atom. The number of nitrogens with zero attached hydrogens (tertiary/aromatic N) is 1. The summed E-state index contributed by atoms with van der Waals surface area (Å²) in [5.74, 6) is -0.611. The lowest BCUT2D eigenvalue weighted by Gasteiger charge is -2.12. The monoisotopic (exact) mass is 447 g/mol. The van der Waals surface area contributed by atoms with Crippen molar-refractivity contribution in [2.75, 3.05) is 10.0 Å². The standard InChI is InChI=1S/C20H21N3O5S2/c1-10-8-15(9-11(2)17(10)14(5)24)21-19(25)18-16(6-7-29-18)30(26,27)23-20-12(3)13(4)22-28-20/h6-9,23H,1-5H3,(H,21,25). The van der Waals surface area contributed by atoms with Crippen molar-refractivity contribution in [2.24, 2.45) is 0 Å². The number of anilines is 2. The van der Waals surface area contributed by atoms with Gasteiger partial charge in [-0.3, -0.25) is 9.59 Å². The van der Waals surface area contributed by atoms with E-state index >= 15 is 0 Å². The first-order valence-corrected chi connectivity index (χ1v) is 11.3. The van der Waals surface area contributed by atoms with Gasteiger partial charge in [0.15, 0.2) is 5.78 Å². The van der Waals surface area contributed by atoms with E-state index in [0.29, 0.717) is 22.5 Å². The van der Waals surface area contributed by atoms with Crippen LogP contribution in [0.4, 0.5) is 11.6 Å². The van der Waals surface area contributed by atoms with Crippen LogP contribution in [0.2, 0.25) is 0 Å². The fourth-order valence-corrected chi connectivity index (χ4v) is 5.51. The number of hydrogen-bond donors (Lipinski definition) is 2. The van der Waals surface area contributed by atoms with Crippen LogP contribution in [0.25, 0.3) is 0 Å². The molecular weight excluding hydrogens is 426 g/mol. The summed E-state index contributed by atoms with van der Waals surface area (Å²) in [5, 5.41) is 7.97. The number of benzene rings is 1. The highest BCUT2D eigenvalue weighted by Gasteiger charge is 2.26. The Bertz CT molecular complexity index is 1230. The van der Waals surface area contributed by atoms with Crippen LogP contribution < -0.4 is 10.0 Å². The third-order valence-electron chi connectivity index (χ3n) is 4.65. The summed E-state index contributed by atoms with van der Waals surface area (Å²) in [5.41, 5.74) is 3.68. The number of carbonyl (C=O) groups excluding carboxylic acids is 2. The highest BCUT2D eigenvalue weighted by Crippen LogP contribution is 2.28. The molecule has 0 aliphatic carbocycles. The van der Waals surface area contributed by atoms with E-state index in [2.05, 4.69) is 15.2 Å². The van der Waals surface area contributed by atoms with Gasteiger partial charge >= 0.3 is 0 Å². The van der Waals surface area contributed by atoms with Gasteiger partial charge in [-0.25, -0.2) is 13.1 Å². The largest absolute Gasteiger partial charge is 0.337 e. The summed E-state index contributed by atoms with van der Waals surface area (Å²) in [6.45, 7) is 8.43. The minimum absolute atomic E-state index is 0.0103. The Hall–Kier alpha value is -2.98. The Morgan fingerprint density at radius 3 is 2.27 bits per heavy atom. The molecule has 0 spiro atoms. The number of ketones is 1. The first-order chi connectivity index (χ1) is 14.0. The van der Waals surface area contributed by atoms with Gasteiger partial charge < -0.3 is 9.84 Å². The second-order valence-electron chi connectivity index (χ2n) is 6.94. The van der Waals surface area contributed by atoms with E-state index in [9.17, 15) is 18.0 Å². The molecule has 0 saturated heterocycles. The molecule has 2 heterocycles. The van der Waals surface area contributed by atoms with E-state index in [1.807, 2.05) is 0 Å². The number of thiophene rings is 1. The van der Waals surface area contributed by atoms with Gasteiger partial charge in [0.25, 0.3) is 15.9 Å². The highest BCUT2D eigenvalue weighted by molar-refractivity contribution is 7.93. The first-order valence-electron chi connectivity index (χ1n) is 8.98. The molecule has 0 aliphatic heterocycles. The van der Waals surface area contributed by atoms with Gasteiger partial charge in [0.1, 0.15) is 9.77 Å². The summed E-state index contributed by atoms with van der Waals surface area (Å²) in [4.78, 5) is 24.4. The molecule has 3 rings (SSSR count). The van der Waals surface area contributed by atoms with Crippen LogP contribution in [0.3, 0.4) is 0 Å². The number of Topliss-reactive ketones (excluding diaryl/α,β-unsaturated/α-hetero) is 1. The van der Waals surface area contributed by atoms with Gasteiger partial charge in [0, 0.05) is 16.8 Å². The van der Waals surface area contributed by atoms with Crippen LogP contribution in [-0.2, 0) is 10.0 Å². The molecule has 0 saturated carbocycles. The number of aryl methyl sites for hydroxylation is 3. The molecule has 1 aromatic carbocycles. The minimum atomic E-state index is -4.06. The smallest absolute Gasteiger partial charge is 0.267 e. The van der Waals surface area contributed by atoms with Crippen molar-refractivity contribution in [1.29, 1.82) is 0 Å². The Labute approximate surface area is 178 Å². The predicted molar refractivity (Wildman–Crippen MR) is 115 cm³/mol. The van der Waals surface area contributed by atoms with Gasteiger partial charge in [-0.2, -0.15) is 0 Å². The molecule has 10 heteroatoms. The summed E-state index contributed by atoms with van der Waals surface area (Å²) >= 11 is 1.01. The minimum Gasteiger partial charge on any atom is -0.337 e. The lowest BCUT2D eigenvalue weighted by molar-refractivity contribution is 0.101. The molecule has 3 aromatic rings. The zero-order valence-electron chi connectivity index (χ0n) is 17.1. The second kappa shape index (κ2) is 8.04. The molecule has 0 radical (unpaired) electrons. The van der Waals surface area contributed by atoms with Gasteiger partial charge in [-0.15, -0.1) is 11.3 Å². The van der Waals surface area contributed by atoms with Crippen LogP contribution in [0.5, 0.6) is 0 Å². The number of nitrogens with one attached hydrogen (secondary N) is 2. The quantitative estimate of drug-likeness (QED) is 0.546. The van der Waals surface area contributed by atoms with Crippen molar-refractivity contribution in [3.8, 4) is 0 Å². The van der Waals surface area contributed by atoms with Gasteiger partial charge in [-0.05, 0) is 69.3 Å². The first kappa shape index (κ1) is 21.7. The van der Waals surface area contributed by atoms with Crippen LogP contribution >= 0.6 is 11.3 Å². The zero-order valence-corrected chi connectivity index (χ0v) is 18.7. The SMILES string of the molecule is CC(=O)c1c(C)cc(NC(=O)c2sccc2S(=O)(=O)Nc2onc(C)c2C)cc1C. The Balaban J connectivity index is 1.88. The summed E-state index contributed by atoms with van der Waals surface area (Å²) < 4.78 is 33.0. The molecule has 0 unspecified atom stereocenters. The van der Waals surface area contributed by atoms with Crippen molar-refractivity contribution in [2.45, 2.75) is 39.5 Å². The molecule has 158 valence electrons. The lowest BCUT2D eigenvalue weighted by atomic mass is 9.99.